The van der Waals surface area contributed by atoms with Crippen molar-refractivity contribution in [2.75, 3.05) is 0 Å². The van der Waals surface area contributed by atoms with Gasteiger partial charge in [-0.25, -0.2) is 0 Å². The molecule has 0 radical (unpaired) electrons. The fourth-order valence-corrected chi connectivity index (χ4v) is 2.05. The van der Waals surface area contributed by atoms with Gasteiger partial charge in [0.25, 0.3) is 0 Å². The van der Waals surface area contributed by atoms with Gasteiger partial charge in [-0.3, -0.25) is 14.8 Å². The minimum absolute atomic E-state index is 0.213. The summed E-state index contributed by atoms with van der Waals surface area (Å²) in [5, 5.41) is 9.23. The van der Waals surface area contributed by atoms with E-state index in [0.717, 1.165) is 0 Å². The van der Waals surface area contributed by atoms with Crippen molar-refractivity contribution in [1.82, 2.24) is 9.97 Å². The molecule has 1 N–H and O–H groups in total. The van der Waals surface area contributed by atoms with Crippen LogP contribution in [0.2, 0.25) is 0 Å². The predicted molar refractivity (Wildman–Crippen MR) is 49.7 cm³/mol. The molecule has 1 aliphatic rings. The molecular weight excluding hydrogens is 180 g/mol. The first-order chi connectivity index (χ1) is 6.51. The maximum absolute atomic E-state index is 11.2. The molecule has 1 aliphatic carbocycles. The average Bonchev–Trinajstić information content (AvgIpc) is 2.72. The van der Waals surface area contributed by atoms with Crippen LogP contribution in [0.1, 0.15) is 26.0 Å². The number of hydrogen-bond acceptors (Lipinski definition) is 3. The Kier molecular flexibility index (Phi) is 1.65. The van der Waals surface area contributed by atoms with Crippen LogP contribution in [0, 0.1) is 5.41 Å². The highest BCUT2D eigenvalue weighted by Crippen LogP contribution is 2.63. The number of aromatic nitrogens is 2. The van der Waals surface area contributed by atoms with Crippen molar-refractivity contribution in [1.29, 1.82) is 0 Å². The Bertz CT molecular complexity index is 375. The second kappa shape index (κ2) is 2.53. The van der Waals surface area contributed by atoms with Crippen molar-refractivity contribution in [3.63, 3.8) is 0 Å². The number of rotatable bonds is 2. The van der Waals surface area contributed by atoms with Gasteiger partial charge < -0.3 is 5.11 Å². The zero-order valence-corrected chi connectivity index (χ0v) is 8.19. The summed E-state index contributed by atoms with van der Waals surface area (Å²) in [6.45, 7) is 3.88. The molecule has 74 valence electrons. The first-order valence-electron chi connectivity index (χ1n) is 4.51. The van der Waals surface area contributed by atoms with Gasteiger partial charge in [-0.2, -0.15) is 0 Å². The van der Waals surface area contributed by atoms with Crippen molar-refractivity contribution < 1.29 is 9.90 Å². The molecule has 1 atom stereocenters. The normalized spacial score (nSPS) is 28.4. The molecule has 14 heavy (non-hydrogen) atoms. The van der Waals surface area contributed by atoms with Crippen LogP contribution in [-0.2, 0) is 10.2 Å². The van der Waals surface area contributed by atoms with Crippen LogP contribution in [0.5, 0.6) is 0 Å². The maximum Gasteiger partial charge on any atom is 0.316 e. The highest BCUT2D eigenvalue weighted by Gasteiger charge is 2.69. The van der Waals surface area contributed by atoms with E-state index in [9.17, 15) is 9.90 Å². The SMILES string of the molecule is CC1(C)CC1(C(=O)O)c1cnccn1. The molecule has 0 spiro atoms. The third-order valence-electron chi connectivity index (χ3n) is 3.10. The van der Waals surface area contributed by atoms with Crippen molar-refractivity contribution in [2.24, 2.45) is 5.41 Å². The highest BCUT2D eigenvalue weighted by molar-refractivity contribution is 5.86. The second-order valence-electron chi connectivity index (χ2n) is 4.36. The van der Waals surface area contributed by atoms with E-state index in [1.54, 1.807) is 12.4 Å². The first-order valence-corrected chi connectivity index (χ1v) is 4.51. The van der Waals surface area contributed by atoms with E-state index in [-0.39, 0.29) is 5.41 Å². The van der Waals surface area contributed by atoms with E-state index in [1.807, 2.05) is 13.8 Å². The van der Waals surface area contributed by atoms with Crippen LogP contribution >= 0.6 is 0 Å². The van der Waals surface area contributed by atoms with Gasteiger partial charge in [0.2, 0.25) is 0 Å². The number of nitrogens with zero attached hydrogens (tertiary/aromatic N) is 2. The molecule has 1 aromatic rings. The van der Waals surface area contributed by atoms with Gasteiger partial charge in [-0.1, -0.05) is 13.8 Å². The number of carboxylic acids is 1. The third-order valence-corrected chi connectivity index (χ3v) is 3.10. The fourth-order valence-electron chi connectivity index (χ4n) is 2.05. The smallest absolute Gasteiger partial charge is 0.316 e. The summed E-state index contributed by atoms with van der Waals surface area (Å²) < 4.78 is 0. The van der Waals surface area contributed by atoms with E-state index >= 15 is 0 Å². The Balaban J connectivity index is 2.47. The molecule has 0 bridgehead atoms. The highest BCUT2D eigenvalue weighted by atomic mass is 16.4. The number of carbonyl (C=O) groups is 1. The van der Waals surface area contributed by atoms with Gasteiger partial charge in [-0.05, 0) is 11.8 Å². The minimum atomic E-state index is -0.818. The molecule has 2 rings (SSSR count). The predicted octanol–water partition coefficient (Wildman–Crippen LogP) is 1.23. The Labute approximate surface area is 82.0 Å². The largest absolute Gasteiger partial charge is 0.481 e. The molecular formula is C10H12N2O2. The summed E-state index contributed by atoms with van der Waals surface area (Å²) in [6, 6.07) is 0. The molecule has 0 aliphatic heterocycles. The van der Waals surface area contributed by atoms with Crippen molar-refractivity contribution in [3.8, 4) is 0 Å². The summed E-state index contributed by atoms with van der Waals surface area (Å²) >= 11 is 0. The molecule has 0 aromatic carbocycles. The lowest BCUT2D eigenvalue weighted by molar-refractivity contribution is -0.141. The van der Waals surface area contributed by atoms with Crippen LogP contribution in [0.3, 0.4) is 0 Å². The summed E-state index contributed by atoms with van der Waals surface area (Å²) in [7, 11) is 0. The van der Waals surface area contributed by atoms with E-state index < -0.39 is 11.4 Å². The monoisotopic (exact) mass is 192 g/mol. The van der Waals surface area contributed by atoms with E-state index in [2.05, 4.69) is 9.97 Å². The minimum Gasteiger partial charge on any atom is -0.481 e. The number of hydrogen-bond donors (Lipinski definition) is 1. The Morgan fingerprint density at radius 2 is 2.14 bits per heavy atom. The Hall–Kier alpha value is -1.45. The lowest BCUT2D eigenvalue weighted by Crippen LogP contribution is -2.26. The summed E-state index contributed by atoms with van der Waals surface area (Å²) in [5.74, 6) is -0.803. The molecule has 1 heterocycles. The topological polar surface area (TPSA) is 63.1 Å². The summed E-state index contributed by atoms with van der Waals surface area (Å²) in [4.78, 5) is 19.2. The van der Waals surface area contributed by atoms with Crippen LogP contribution in [-0.4, -0.2) is 21.0 Å². The second-order valence-corrected chi connectivity index (χ2v) is 4.36. The van der Waals surface area contributed by atoms with E-state index in [1.165, 1.54) is 6.20 Å². The first kappa shape index (κ1) is 9.12. The molecule has 1 saturated carbocycles. The van der Waals surface area contributed by atoms with E-state index in [4.69, 9.17) is 0 Å². The Morgan fingerprint density at radius 1 is 1.50 bits per heavy atom. The quantitative estimate of drug-likeness (QED) is 0.765. The third kappa shape index (κ3) is 0.967. The molecule has 4 heteroatoms. The average molecular weight is 192 g/mol. The molecule has 1 aromatic heterocycles. The van der Waals surface area contributed by atoms with Gasteiger partial charge in [-0.15, -0.1) is 0 Å². The summed E-state index contributed by atoms with van der Waals surface area (Å²) in [6.07, 6.45) is 5.26. The van der Waals surface area contributed by atoms with Crippen molar-refractivity contribution >= 4 is 5.97 Å². The van der Waals surface area contributed by atoms with Gasteiger partial charge >= 0.3 is 5.97 Å². The van der Waals surface area contributed by atoms with Gasteiger partial charge in [0.15, 0.2) is 0 Å². The lowest BCUT2D eigenvalue weighted by atomic mass is 9.93. The number of carboxylic acid groups (broad SMARTS) is 1. The van der Waals surface area contributed by atoms with Crippen LogP contribution in [0.25, 0.3) is 0 Å². The van der Waals surface area contributed by atoms with Crippen molar-refractivity contribution in [2.45, 2.75) is 25.7 Å². The molecule has 4 nitrogen and oxygen atoms in total. The van der Waals surface area contributed by atoms with Crippen LogP contribution in [0.15, 0.2) is 18.6 Å². The zero-order chi connectivity index (χ0) is 10.4. The van der Waals surface area contributed by atoms with Gasteiger partial charge in [0.1, 0.15) is 5.41 Å². The van der Waals surface area contributed by atoms with Gasteiger partial charge in [0.05, 0.1) is 5.69 Å². The maximum atomic E-state index is 11.2. The molecule has 1 fully saturated rings. The molecule has 1 unspecified atom stereocenters. The Morgan fingerprint density at radius 3 is 2.50 bits per heavy atom. The fraction of sp³-hybridized carbons (Fsp3) is 0.500. The lowest BCUT2D eigenvalue weighted by Gasteiger charge is -2.13. The molecule has 0 amide bonds. The summed E-state index contributed by atoms with van der Waals surface area (Å²) in [5.41, 5.74) is -0.464. The van der Waals surface area contributed by atoms with Crippen molar-refractivity contribution in [3.05, 3.63) is 24.3 Å². The zero-order valence-electron chi connectivity index (χ0n) is 8.19. The standard InChI is InChI=1S/C10H12N2O2/c1-9(2)6-10(9,8(13)14)7-5-11-3-4-12-7/h3-5H,6H2,1-2H3,(H,13,14). The van der Waals surface area contributed by atoms with Gasteiger partial charge in [0, 0.05) is 18.6 Å². The van der Waals surface area contributed by atoms with E-state index in [0.29, 0.717) is 12.1 Å². The number of aliphatic carboxylic acids is 1. The van der Waals surface area contributed by atoms with Crippen LogP contribution < -0.4 is 0 Å². The van der Waals surface area contributed by atoms with Crippen LogP contribution in [0.4, 0.5) is 0 Å². The molecule has 0 saturated heterocycles.